The normalized spacial score (nSPS) is 15.5. The van der Waals surface area contributed by atoms with E-state index < -0.39 is 10.0 Å². The van der Waals surface area contributed by atoms with Gasteiger partial charge in [0.25, 0.3) is 0 Å². The number of aromatic nitrogens is 2. The fourth-order valence-corrected chi connectivity index (χ4v) is 5.34. The SMILES string of the molecule is Cc1ccc(S(=O)(=O)N2CCN(CC(=O)Nc3ccnn3Cc3ccccc3Cl)CC2)cc1. The Labute approximate surface area is 198 Å². The number of nitrogens with zero attached hydrogens (tertiary/aromatic N) is 4. The number of hydrogen-bond donors (Lipinski definition) is 1. The summed E-state index contributed by atoms with van der Waals surface area (Å²) in [6, 6.07) is 16.1. The molecule has 0 spiro atoms. The third kappa shape index (κ3) is 5.62. The van der Waals surface area contributed by atoms with E-state index in [4.69, 9.17) is 11.6 Å². The van der Waals surface area contributed by atoms with Gasteiger partial charge < -0.3 is 5.32 Å². The van der Waals surface area contributed by atoms with Crippen molar-refractivity contribution >= 4 is 33.3 Å². The molecule has 0 atom stereocenters. The van der Waals surface area contributed by atoms with Gasteiger partial charge in [-0.3, -0.25) is 9.69 Å². The monoisotopic (exact) mass is 487 g/mol. The smallest absolute Gasteiger partial charge is 0.243 e. The maximum atomic E-state index is 12.9. The van der Waals surface area contributed by atoms with Crippen molar-refractivity contribution in [3.05, 3.63) is 76.9 Å². The van der Waals surface area contributed by atoms with E-state index in [0.717, 1.165) is 11.1 Å². The van der Waals surface area contributed by atoms with E-state index in [1.54, 1.807) is 41.2 Å². The molecule has 2 heterocycles. The van der Waals surface area contributed by atoms with Gasteiger partial charge in [0.05, 0.1) is 24.2 Å². The molecular formula is C23H26ClN5O3S. The maximum absolute atomic E-state index is 12.9. The Morgan fingerprint density at radius 1 is 1.03 bits per heavy atom. The first-order chi connectivity index (χ1) is 15.8. The second-order valence-corrected chi connectivity index (χ2v) is 10.4. The summed E-state index contributed by atoms with van der Waals surface area (Å²) >= 11 is 6.24. The van der Waals surface area contributed by atoms with Gasteiger partial charge in [-0.2, -0.15) is 9.40 Å². The zero-order valence-corrected chi connectivity index (χ0v) is 19.9. The standard InChI is InChI=1S/C23H26ClN5O3S/c1-18-6-8-20(9-7-18)33(31,32)28-14-12-27(13-15-28)17-23(30)26-22-10-11-25-29(22)16-19-4-2-3-5-21(19)24/h2-11H,12-17H2,1H3,(H,26,30). The fourth-order valence-electron chi connectivity index (χ4n) is 3.73. The number of benzene rings is 2. The lowest BCUT2D eigenvalue weighted by molar-refractivity contribution is -0.117. The Bertz CT molecular complexity index is 1220. The molecule has 0 aliphatic carbocycles. The highest BCUT2D eigenvalue weighted by Crippen LogP contribution is 2.19. The molecule has 1 fully saturated rings. The molecule has 0 unspecified atom stereocenters. The number of nitrogens with one attached hydrogen (secondary N) is 1. The summed E-state index contributed by atoms with van der Waals surface area (Å²) in [6.45, 7) is 4.19. The van der Waals surface area contributed by atoms with Gasteiger partial charge in [0.15, 0.2) is 0 Å². The molecule has 3 aromatic rings. The van der Waals surface area contributed by atoms with Crippen LogP contribution in [0.25, 0.3) is 0 Å². The number of amides is 1. The topological polar surface area (TPSA) is 87.5 Å². The van der Waals surface area contributed by atoms with Gasteiger partial charge in [-0.05, 0) is 30.7 Å². The van der Waals surface area contributed by atoms with Gasteiger partial charge in [0, 0.05) is 37.3 Å². The van der Waals surface area contributed by atoms with Gasteiger partial charge in [0.2, 0.25) is 15.9 Å². The van der Waals surface area contributed by atoms with Crippen LogP contribution < -0.4 is 5.32 Å². The Balaban J connectivity index is 1.31. The predicted molar refractivity (Wildman–Crippen MR) is 128 cm³/mol. The molecule has 1 amide bonds. The third-order valence-electron chi connectivity index (χ3n) is 5.62. The largest absolute Gasteiger partial charge is 0.310 e. The summed E-state index contributed by atoms with van der Waals surface area (Å²) in [5.74, 6) is 0.409. The molecule has 0 radical (unpaired) electrons. The molecule has 33 heavy (non-hydrogen) atoms. The van der Waals surface area contributed by atoms with Crippen LogP contribution in [0.15, 0.2) is 65.7 Å². The molecule has 10 heteroatoms. The lowest BCUT2D eigenvalue weighted by Gasteiger charge is -2.33. The molecule has 1 saturated heterocycles. The van der Waals surface area contributed by atoms with Crippen molar-refractivity contribution in [2.45, 2.75) is 18.4 Å². The number of halogens is 1. The number of carbonyl (C=O) groups excluding carboxylic acids is 1. The number of carbonyl (C=O) groups is 1. The van der Waals surface area contributed by atoms with Crippen molar-refractivity contribution < 1.29 is 13.2 Å². The second-order valence-electron chi connectivity index (χ2n) is 8.01. The highest BCUT2D eigenvalue weighted by Gasteiger charge is 2.29. The van der Waals surface area contributed by atoms with Crippen LogP contribution >= 0.6 is 11.6 Å². The number of rotatable bonds is 7. The number of sulfonamides is 1. The van der Waals surface area contributed by atoms with E-state index in [2.05, 4.69) is 10.4 Å². The number of piperazine rings is 1. The molecule has 1 aliphatic rings. The Kier molecular flexibility index (Phi) is 7.14. The van der Waals surface area contributed by atoms with Gasteiger partial charge in [-0.1, -0.05) is 47.5 Å². The molecular weight excluding hydrogens is 462 g/mol. The van der Waals surface area contributed by atoms with E-state index in [-0.39, 0.29) is 12.5 Å². The number of anilines is 1. The van der Waals surface area contributed by atoms with E-state index in [1.807, 2.05) is 36.1 Å². The Morgan fingerprint density at radius 2 is 1.73 bits per heavy atom. The predicted octanol–water partition coefficient (Wildman–Crippen LogP) is 2.84. The van der Waals surface area contributed by atoms with Gasteiger partial charge in [-0.25, -0.2) is 13.1 Å². The first kappa shape index (κ1) is 23.4. The summed E-state index contributed by atoms with van der Waals surface area (Å²) in [7, 11) is -3.53. The van der Waals surface area contributed by atoms with Crippen LogP contribution in [0.5, 0.6) is 0 Å². The van der Waals surface area contributed by atoms with Gasteiger partial charge in [-0.15, -0.1) is 0 Å². The van der Waals surface area contributed by atoms with Crippen LogP contribution in [-0.4, -0.2) is 66.0 Å². The highest BCUT2D eigenvalue weighted by molar-refractivity contribution is 7.89. The lowest BCUT2D eigenvalue weighted by atomic mass is 10.2. The van der Waals surface area contributed by atoms with Gasteiger partial charge in [0.1, 0.15) is 5.82 Å². The van der Waals surface area contributed by atoms with Crippen molar-refractivity contribution in [1.29, 1.82) is 0 Å². The zero-order chi connectivity index (χ0) is 23.4. The van der Waals surface area contributed by atoms with E-state index in [0.29, 0.717) is 48.5 Å². The van der Waals surface area contributed by atoms with E-state index >= 15 is 0 Å². The highest BCUT2D eigenvalue weighted by atomic mass is 35.5. The van der Waals surface area contributed by atoms with Crippen LogP contribution in [0.2, 0.25) is 5.02 Å². The molecule has 0 saturated carbocycles. The average molecular weight is 488 g/mol. The molecule has 1 aromatic heterocycles. The van der Waals surface area contributed by atoms with E-state index in [1.165, 1.54) is 4.31 Å². The minimum Gasteiger partial charge on any atom is -0.310 e. The molecule has 4 rings (SSSR count). The van der Waals surface area contributed by atoms with Crippen LogP contribution in [0.3, 0.4) is 0 Å². The minimum absolute atomic E-state index is 0.175. The summed E-state index contributed by atoms with van der Waals surface area (Å²) < 4.78 is 28.9. The summed E-state index contributed by atoms with van der Waals surface area (Å²) in [5, 5.41) is 7.82. The first-order valence-corrected chi connectivity index (χ1v) is 12.5. The minimum atomic E-state index is -3.53. The molecule has 8 nitrogen and oxygen atoms in total. The van der Waals surface area contributed by atoms with Crippen molar-refractivity contribution in [1.82, 2.24) is 19.0 Å². The summed E-state index contributed by atoms with van der Waals surface area (Å²) in [6.07, 6.45) is 1.63. The van der Waals surface area contributed by atoms with Crippen molar-refractivity contribution in [3.8, 4) is 0 Å². The number of aryl methyl sites for hydroxylation is 1. The molecule has 1 N–H and O–H groups in total. The molecule has 174 valence electrons. The first-order valence-electron chi connectivity index (χ1n) is 10.7. The van der Waals surface area contributed by atoms with Gasteiger partial charge >= 0.3 is 0 Å². The Hall–Kier alpha value is -2.72. The van der Waals surface area contributed by atoms with Crippen LogP contribution in [0.4, 0.5) is 5.82 Å². The fraction of sp³-hybridized carbons (Fsp3) is 0.304. The Morgan fingerprint density at radius 3 is 2.42 bits per heavy atom. The zero-order valence-electron chi connectivity index (χ0n) is 18.3. The second kappa shape index (κ2) is 10.0. The molecule has 2 aromatic carbocycles. The summed E-state index contributed by atoms with van der Waals surface area (Å²) in [4.78, 5) is 14.9. The van der Waals surface area contributed by atoms with Crippen molar-refractivity contribution in [2.75, 3.05) is 38.0 Å². The molecule has 1 aliphatic heterocycles. The third-order valence-corrected chi connectivity index (χ3v) is 7.90. The van der Waals surface area contributed by atoms with Crippen molar-refractivity contribution in [2.24, 2.45) is 0 Å². The average Bonchev–Trinajstić information content (AvgIpc) is 3.22. The lowest BCUT2D eigenvalue weighted by Crippen LogP contribution is -2.50. The summed E-state index contributed by atoms with van der Waals surface area (Å²) in [5.41, 5.74) is 1.92. The quantitative estimate of drug-likeness (QED) is 0.553. The van der Waals surface area contributed by atoms with E-state index in [9.17, 15) is 13.2 Å². The number of hydrogen-bond acceptors (Lipinski definition) is 5. The molecule has 0 bridgehead atoms. The van der Waals surface area contributed by atoms with Crippen LogP contribution in [-0.2, 0) is 21.4 Å². The maximum Gasteiger partial charge on any atom is 0.243 e. The van der Waals surface area contributed by atoms with Crippen LogP contribution in [0.1, 0.15) is 11.1 Å². The van der Waals surface area contributed by atoms with Crippen LogP contribution in [0, 0.1) is 6.92 Å². The van der Waals surface area contributed by atoms with Crippen molar-refractivity contribution in [3.63, 3.8) is 0 Å².